The van der Waals surface area contributed by atoms with Crippen LogP contribution in [0.2, 0.25) is 0 Å². The molecule has 2 nitrogen and oxygen atoms in total. The van der Waals surface area contributed by atoms with Gasteiger partial charge >= 0.3 is 0 Å². The topological polar surface area (TPSA) is 32.3 Å². The lowest BCUT2D eigenvalue weighted by Gasteiger charge is -2.08. The summed E-state index contributed by atoms with van der Waals surface area (Å²) >= 11 is 0. The van der Waals surface area contributed by atoms with E-state index in [9.17, 15) is 5.11 Å². The van der Waals surface area contributed by atoms with Gasteiger partial charge in [0, 0.05) is 13.0 Å². The summed E-state index contributed by atoms with van der Waals surface area (Å²) in [6.07, 6.45) is 4.37. The highest BCUT2D eigenvalue weighted by molar-refractivity contribution is 5.84. The lowest BCUT2D eigenvalue weighted by atomic mass is 9.97. The van der Waals surface area contributed by atoms with Gasteiger partial charge in [-0.15, -0.1) is 0 Å². The van der Waals surface area contributed by atoms with Crippen LogP contribution < -0.4 is 0 Å². The van der Waals surface area contributed by atoms with Crippen LogP contribution in [0.25, 0.3) is 5.57 Å². The van der Waals surface area contributed by atoms with E-state index in [4.69, 9.17) is 0 Å². The summed E-state index contributed by atoms with van der Waals surface area (Å²) in [4.78, 5) is 4.09. The molecule has 0 heterocycles. The Bertz CT molecular complexity index is 573. The van der Waals surface area contributed by atoms with E-state index >= 15 is 0 Å². The van der Waals surface area contributed by atoms with Crippen molar-refractivity contribution in [2.24, 2.45) is 4.99 Å². The Balaban J connectivity index is 2.22. The number of hydrogen-bond donors (Lipinski definition) is 0. The van der Waals surface area contributed by atoms with E-state index in [-0.39, 0.29) is 5.90 Å². The summed E-state index contributed by atoms with van der Waals surface area (Å²) in [5.74, 6) is -0.0437. The summed E-state index contributed by atoms with van der Waals surface area (Å²) in [6.45, 7) is 2.73. The molecule has 0 saturated heterocycles. The first kappa shape index (κ1) is 16.0. The molecule has 2 heteroatoms. The molecule has 0 aliphatic heterocycles. The smallest absolute Gasteiger partial charge is 0.244 e. The molecule has 0 aromatic heterocycles. The largest absolute Gasteiger partial charge is 0.273 e. The zero-order valence-electron chi connectivity index (χ0n) is 13.0. The molecule has 2 rings (SSSR count). The molecule has 0 unspecified atom stereocenters. The molecule has 0 aliphatic carbocycles. The summed E-state index contributed by atoms with van der Waals surface area (Å²) in [5.41, 5.74) is 3.32. The molecule has 0 atom stereocenters. The van der Waals surface area contributed by atoms with Crippen molar-refractivity contribution in [1.82, 2.24) is 0 Å². The summed E-state index contributed by atoms with van der Waals surface area (Å²) < 4.78 is 0. The van der Waals surface area contributed by atoms with Crippen LogP contribution in [0.3, 0.4) is 0 Å². The van der Waals surface area contributed by atoms with Gasteiger partial charge in [-0.25, -0.2) is 0 Å². The lowest BCUT2D eigenvalue weighted by molar-refractivity contribution is 0.414. The molecule has 2 aromatic rings. The van der Waals surface area contributed by atoms with Gasteiger partial charge in [0.05, 0.1) is 0 Å². The second-order valence-electron chi connectivity index (χ2n) is 5.18. The fourth-order valence-corrected chi connectivity index (χ4v) is 2.25. The maximum absolute atomic E-state index is 11.9. The van der Waals surface area contributed by atoms with Crippen LogP contribution in [0.5, 0.6) is 0 Å². The van der Waals surface area contributed by atoms with E-state index in [0.29, 0.717) is 13.0 Å². The monoisotopic (exact) mass is 292 g/mol. The van der Waals surface area contributed by atoms with E-state index in [1.54, 1.807) is 0 Å². The highest BCUT2D eigenvalue weighted by Gasteiger charge is 2.05. The van der Waals surface area contributed by atoms with Gasteiger partial charge in [-0.1, -0.05) is 80.1 Å². The van der Waals surface area contributed by atoms with Crippen LogP contribution in [0, 0.1) is 0 Å². The van der Waals surface area contributed by atoms with Gasteiger partial charge in [-0.05, 0) is 23.1 Å². The Morgan fingerprint density at radius 3 is 2.00 bits per heavy atom. The van der Waals surface area contributed by atoms with Crippen LogP contribution in [0.15, 0.2) is 71.7 Å². The average Bonchev–Trinajstić information content (AvgIpc) is 2.57. The fourth-order valence-electron chi connectivity index (χ4n) is 2.25. The highest BCUT2D eigenvalue weighted by atomic mass is 16.3. The predicted molar refractivity (Wildman–Crippen MR) is 92.5 cm³/mol. The maximum Gasteiger partial charge on any atom is 0.244 e. The molecule has 1 radical (unpaired) electrons. The van der Waals surface area contributed by atoms with Crippen LogP contribution in [0.1, 0.15) is 37.3 Å². The maximum atomic E-state index is 11.9. The number of hydrogen-bond acceptors (Lipinski definition) is 1. The Morgan fingerprint density at radius 1 is 0.955 bits per heavy atom. The molecule has 22 heavy (non-hydrogen) atoms. The molecule has 0 bridgehead atoms. The van der Waals surface area contributed by atoms with Gasteiger partial charge in [0.1, 0.15) is 0 Å². The van der Waals surface area contributed by atoms with Gasteiger partial charge in [0.2, 0.25) is 5.90 Å². The summed E-state index contributed by atoms with van der Waals surface area (Å²) in [6, 6.07) is 20.3. The third-order valence-electron chi connectivity index (χ3n) is 3.45. The van der Waals surface area contributed by atoms with Gasteiger partial charge in [0.15, 0.2) is 0 Å². The van der Waals surface area contributed by atoms with Crippen molar-refractivity contribution >= 4 is 11.5 Å². The second-order valence-corrected chi connectivity index (χ2v) is 5.18. The Hall–Kier alpha value is -2.35. The SMILES string of the molecule is CCCCN=C([O])CC=C(c1ccccc1)c1ccccc1. The van der Waals surface area contributed by atoms with E-state index < -0.39 is 0 Å². The van der Waals surface area contributed by atoms with E-state index in [1.165, 1.54) is 0 Å². The molecule has 0 amide bonds. The molecule has 0 fully saturated rings. The van der Waals surface area contributed by atoms with Gasteiger partial charge in [-0.2, -0.15) is 0 Å². The molecular weight excluding hydrogens is 270 g/mol. The van der Waals surface area contributed by atoms with Gasteiger partial charge < -0.3 is 0 Å². The highest BCUT2D eigenvalue weighted by Crippen LogP contribution is 2.23. The van der Waals surface area contributed by atoms with Crippen molar-refractivity contribution < 1.29 is 5.11 Å². The van der Waals surface area contributed by atoms with Gasteiger partial charge in [-0.3, -0.25) is 10.1 Å². The molecule has 0 spiro atoms. The van der Waals surface area contributed by atoms with Gasteiger partial charge in [0.25, 0.3) is 0 Å². The number of nitrogens with zero attached hydrogens (tertiary/aromatic N) is 1. The zero-order chi connectivity index (χ0) is 15.6. The first-order chi connectivity index (χ1) is 10.8. The molecular formula is C20H22NO. The van der Waals surface area contributed by atoms with Crippen LogP contribution in [0.4, 0.5) is 0 Å². The van der Waals surface area contributed by atoms with Crippen LogP contribution in [-0.2, 0) is 5.11 Å². The number of benzene rings is 2. The third-order valence-corrected chi connectivity index (χ3v) is 3.45. The normalized spacial score (nSPS) is 11.2. The second kappa shape index (κ2) is 8.83. The van der Waals surface area contributed by atoms with Crippen molar-refractivity contribution in [1.29, 1.82) is 0 Å². The third kappa shape index (κ3) is 4.88. The number of unbranched alkanes of at least 4 members (excludes halogenated alkanes) is 1. The summed E-state index contributed by atoms with van der Waals surface area (Å²) in [5, 5.41) is 11.9. The minimum atomic E-state index is -0.0437. The standard InChI is InChI=1S/C20H22NO/c1-2-3-16-21-20(22)15-14-19(17-10-6-4-7-11-17)18-12-8-5-9-13-18/h4-14H,2-3,15-16H2,1H3. The Kier molecular flexibility index (Phi) is 6.43. The minimum absolute atomic E-state index is 0.0437. The summed E-state index contributed by atoms with van der Waals surface area (Å²) in [7, 11) is 0. The Morgan fingerprint density at radius 2 is 1.50 bits per heavy atom. The average molecular weight is 292 g/mol. The fraction of sp³-hybridized carbons (Fsp3) is 0.250. The quantitative estimate of drug-likeness (QED) is 0.384. The molecule has 0 aliphatic rings. The number of rotatable bonds is 7. The van der Waals surface area contributed by atoms with E-state index in [2.05, 4.69) is 36.2 Å². The first-order valence-electron chi connectivity index (χ1n) is 7.82. The van der Waals surface area contributed by atoms with Crippen molar-refractivity contribution in [3.05, 3.63) is 77.9 Å². The molecule has 2 aromatic carbocycles. The molecule has 113 valence electrons. The van der Waals surface area contributed by atoms with Crippen molar-refractivity contribution in [3.8, 4) is 0 Å². The number of aliphatic imine (C=N–C) groups is 1. The van der Waals surface area contributed by atoms with Crippen LogP contribution in [-0.4, -0.2) is 12.4 Å². The van der Waals surface area contributed by atoms with E-state index in [0.717, 1.165) is 29.5 Å². The Labute approximate surface area is 132 Å². The van der Waals surface area contributed by atoms with E-state index in [1.807, 2.05) is 42.5 Å². The predicted octanol–water partition coefficient (Wildman–Crippen LogP) is 5.14. The van der Waals surface area contributed by atoms with Crippen molar-refractivity contribution in [2.75, 3.05) is 6.54 Å². The first-order valence-corrected chi connectivity index (χ1v) is 7.82. The molecule has 0 N–H and O–H groups in total. The molecule has 0 saturated carbocycles. The van der Waals surface area contributed by atoms with Crippen molar-refractivity contribution in [3.63, 3.8) is 0 Å². The minimum Gasteiger partial charge on any atom is -0.273 e. The van der Waals surface area contributed by atoms with Crippen LogP contribution >= 0.6 is 0 Å². The van der Waals surface area contributed by atoms with Crippen molar-refractivity contribution in [2.45, 2.75) is 26.2 Å². The lowest BCUT2D eigenvalue weighted by Crippen LogP contribution is -1.96. The zero-order valence-corrected chi connectivity index (χ0v) is 13.0.